The van der Waals surface area contributed by atoms with Gasteiger partial charge in [-0.2, -0.15) is 0 Å². The van der Waals surface area contributed by atoms with Crippen molar-refractivity contribution in [1.82, 2.24) is 10.2 Å². The van der Waals surface area contributed by atoms with Crippen molar-refractivity contribution in [3.05, 3.63) is 18.2 Å². The zero-order valence-corrected chi connectivity index (χ0v) is 17.8. The third kappa shape index (κ3) is 6.17. The molecule has 2 N–H and O–H groups in total. The number of fused-ring (bicyclic) bond motifs is 1. The molecule has 1 atom stereocenters. The Labute approximate surface area is 172 Å². The highest BCUT2D eigenvalue weighted by atomic mass is 127. The van der Waals surface area contributed by atoms with Crippen molar-refractivity contribution in [2.75, 3.05) is 58.4 Å². The summed E-state index contributed by atoms with van der Waals surface area (Å²) in [5.41, 5.74) is 0.922. The smallest absolute Gasteiger partial charge is 0.195 e. The molecule has 2 aliphatic rings. The van der Waals surface area contributed by atoms with E-state index in [4.69, 9.17) is 14.2 Å². The Bertz CT molecular complexity index is 600. The predicted octanol–water partition coefficient (Wildman–Crippen LogP) is 2.17. The van der Waals surface area contributed by atoms with Crippen LogP contribution >= 0.6 is 24.0 Å². The number of guanidine groups is 1. The van der Waals surface area contributed by atoms with Crippen LogP contribution in [-0.2, 0) is 4.74 Å². The Morgan fingerprint density at radius 3 is 2.81 bits per heavy atom. The second-order valence-electron chi connectivity index (χ2n) is 6.31. The van der Waals surface area contributed by atoms with Crippen molar-refractivity contribution in [1.29, 1.82) is 0 Å². The molecule has 1 fully saturated rings. The fourth-order valence-electron chi connectivity index (χ4n) is 2.86. The van der Waals surface area contributed by atoms with Gasteiger partial charge in [-0.25, -0.2) is 0 Å². The van der Waals surface area contributed by atoms with Gasteiger partial charge in [-0.15, -0.1) is 24.0 Å². The van der Waals surface area contributed by atoms with E-state index in [1.807, 2.05) is 18.2 Å². The van der Waals surface area contributed by atoms with Crippen LogP contribution < -0.4 is 20.1 Å². The zero-order chi connectivity index (χ0) is 17.5. The number of morpholine rings is 1. The van der Waals surface area contributed by atoms with Gasteiger partial charge in [0, 0.05) is 37.8 Å². The highest BCUT2D eigenvalue weighted by molar-refractivity contribution is 14.0. The minimum absolute atomic E-state index is 0. The molecular weight excluding hydrogens is 447 g/mol. The van der Waals surface area contributed by atoms with Crippen molar-refractivity contribution in [3.63, 3.8) is 0 Å². The molecule has 8 heteroatoms. The number of aliphatic imine (C=N–C) groups is 1. The maximum Gasteiger partial charge on any atom is 0.195 e. The van der Waals surface area contributed by atoms with E-state index in [9.17, 15) is 0 Å². The molecule has 0 spiro atoms. The van der Waals surface area contributed by atoms with Gasteiger partial charge in [0.05, 0.1) is 32.5 Å². The van der Waals surface area contributed by atoms with Gasteiger partial charge in [-0.3, -0.25) is 4.99 Å². The summed E-state index contributed by atoms with van der Waals surface area (Å²) < 4.78 is 17.2. The standard InChI is InChI=1S/C18H28N4O3.HI/c1-3-19-18(20-12-15-13-22(2)7-10-23-15)21-14-5-6-16-17(11-14)25-9-4-8-24-16;/h5-6,11,15H,3-4,7-10,12-13H2,1-2H3,(H2,19,20,21);1H. The first-order valence-corrected chi connectivity index (χ1v) is 8.99. The third-order valence-electron chi connectivity index (χ3n) is 4.15. The van der Waals surface area contributed by atoms with Crippen molar-refractivity contribution in [2.45, 2.75) is 19.4 Å². The van der Waals surface area contributed by atoms with Crippen molar-refractivity contribution in [2.24, 2.45) is 4.99 Å². The Morgan fingerprint density at radius 1 is 1.23 bits per heavy atom. The van der Waals surface area contributed by atoms with Gasteiger partial charge in [-0.1, -0.05) is 0 Å². The first kappa shape index (κ1) is 21.0. The maximum atomic E-state index is 5.77. The number of hydrogen-bond acceptors (Lipinski definition) is 5. The second kappa shape index (κ2) is 10.8. The molecule has 1 aromatic carbocycles. The topological polar surface area (TPSA) is 67.4 Å². The molecule has 2 aliphatic heterocycles. The van der Waals surface area contributed by atoms with E-state index in [1.165, 1.54) is 0 Å². The van der Waals surface area contributed by atoms with Crippen LogP contribution in [0.3, 0.4) is 0 Å². The van der Waals surface area contributed by atoms with Crippen LogP contribution in [0.5, 0.6) is 11.5 Å². The highest BCUT2D eigenvalue weighted by Gasteiger charge is 2.17. The first-order valence-electron chi connectivity index (χ1n) is 8.99. The summed E-state index contributed by atoms with van der Waals surface area (Å²) in [6.07, 6.45) is 1.04. The number of benzene rings is 1. The Kier molecular flexibility index (Phi) is 8.73. The lowest BCUT2D eigenvalue weighted by Crippen LogP contribution is -2.42. The van der Waals surface area contributed by atoms with Gasteiger partial charge >= 0.3 is 0 Å². The number of nitrogens with one attached hydrogen (secondary N) is 2. The predicted molar refractivity (Wildman–Crippen MR) is 114 cm³/mol. The van der Waals surface area contributed by atoms with Crippen LogP contribution in [0, 0.1) is 0 Å². The van der Waals surface area contributed by atoms with Crippen LogP contribution in [-0.4, -0.2) is 70.0 Å². The molecule has 1 aromatic rings. The number of nitrogens with zero attached hydrogens (tertiary/aromatic N) is 2. The first-order chi connectivity index (χ1) is 12.2. The Hall–Kier alpha value is -1.26. The van der Waals surface area contributed by atoms with Crippen LogP contribution in [0.2, 0.25) is 0 Å². The number of ether oxygens (including phenoxy) is 3. The second-order valence-corrected chi connectivity index (χ2v) is 6.31. The molecule has 0 radical (unpaired) electrons. The van der Waals surface area contributed by atoms with E-state index >= 15 is 0 Å². The summed E-state index contributed by atoms with van der Waals surface area (Å²) in [5.74, 6) is 2.31. The van der Waals surface area contributed by atoms with E-state index in [0.717, 1.165) is 55.8 Å². The lowest BCUT2D eigenvalue weighted by atomic mass is 10.2. The lowest BCUT2D eigenvalue weighted by molar-refractivity contribution is -0.0136. The van der Waals surface area contributed by atoms with E-state index in [0.29, 0.717) is 19.8 Å². The maximum absolute atomic E-state index is 5.77. The largest absolute Gasteiger partial charge is 0.490 e. The molecule has 3 rings (SSSR count). The molecular formula is C18H29IN4O3. The van der Waals surface area contributed by atoms with Crippen LogP contribution in [0.15, 0.2) is 23.2 Å². The van der Waals surface area contributed by atoms with Crippen molar-refractivity contribution in [3.8, 4) is 11.5 Å². The molecule has 146 valence electrons. The van der Waals surface area contributed by atoms with Gasteiger partial charge in [0.2, 0.25) is 0 Å². The van der Waals surface area contributed by atoms with E-state index in [2.05, 4.69) is 34.5 Å². The normalized spacial score (nSPS) is 20.7. The monoisotopic (exact) mass is 476 g/mol. The Balaban J connectivity index is 0.00000243. The SMILES string of the molecule is CCNC(=NCC1CN(C)CCO1)Nc1ccc2c(c1)OCCCO2.I. The average molecular weight is 476 g/mol. The van der Waals surface area contributed by atoms with Crippen molar-refractivity contribution >= 4 is 35.6 Å². The lowest BCUT2D eigenvalue weighted by Gasteiger charge is -2.29. The molecule has 0 amide bonds. The molecule has 2 heterocycles. The van der Waals surface area contributed by atoms with Gasteiger partial charge in [0.25, 0.3) is 0 Å². The molecule has 0 aliphatic carbocycles. The number of rotatable bonds is 4. The average Bonchev–Trinajstić information content (AvgIpc) is 2.85. The van der Waals surface area contributed by atoms with Crippen LogP contribution in [0.1, 0.15) is 13.3 Å². The van der Waals surface area contributed by atoms with Gasteiger partial charge in [-0.05, 0) is 26.1 Å². The van der Waals surface area contributed by atoms with Crippen molar-refractivity contribution < 1.29 is 14.2 Å². The van der Waals surface area contributed by atoms with Gasteiger partial charge in [0.1, 0.15) is 0 Å². The summed E-state index contributed by atoms with van der Waals surface area (Å²) in [6, 6.07) is 5.87. The minimum Gasteiger partial charge on any atom is -0.490 e. The molecule has 1 unspecified atom stereocenters. The third-order valence-corrected chi connectivity index (χ3v) is 4.15. The molecule has 0 saturated carbocycles. The number of hydrogen-bond donors (Lipinski definition) is 2. The van der Waals surface area contributed by atoms with Crippen LogP contribution in [0.25, 0.3) is 0 Å². The molecule has 1 saturated heterocycles. The molecule has 26 heavy (non-hydrogen) atoms. The summed E-state index contributed by atoms with van der Waals surface area (Å²) in [7, 11) is 2.11. The minimum atomic E-state index is 0. The molecule has 7 nitrogen and oxygen atoms in total. The number of anilines is 1. The summed E-state index contributed by atoms with van der Waals surface area (Å²) in [6.45, 7) is 7.50. The summed E-state index contributed by atoms with van der Waals surface area (Å²) in [5, 5.41) is 6.61. The summed E-state index contributed by atoms with van der Waals surface area (Å²) in [4.78, 5) is 6.94. The van der Waals surface area contributed by atoms with E-state index in [1.54, 1.807) is 0 Å². The van der Waals surface area contributed by atoms with E-state index in [-0.39, 0.29) is 30.1 Å². The highest BCUT2D eigenvalue weighted by Crippen LogP contribution is 2.32. The fraction of sp³-hybridized carbons (Fsp3) is 0.611. The zero-order valence-electron chi connectivity index (χ0n) is 15.5. The summed E-state index contributed by atoms with van der Waals surface area (Å²) >= 11 is 0. The molecule has 0 bridgehead atoms. The fourth-order valence-corrected chi connectivity index (χ4v) is 2.86. The van der Waals surface area contributed by atoms with Gasteiger partial charge < -0.3 is 29.7 Å². The van der Waals surface area contributed by atoms with Crippen LogP contribution in [0.4, 0.5) is 5.69 Å². The van der Waals surface area contributed by atoms with E-state index < -0.39 is 0 Å². The number of halogens is 1. The quantitative estimate of drug-likeness (QED) is 0.395. The van der Waals surface area contributed by atoms with Gasteiger partial charge in [0.15, 0.2) is 17.5 Å². The molecule has 0 aromatic heterocycles. The number of likely N-dealkylation sites (N-methyl/N-ethyl adjacent to an activating group) is 1. The Morgan fingerprint density at radius 2 is 2.04 bits per heavy atom.